The predicted octanol–water partition coefficient (Wildman–Crippen LogP) is 1.12. The predicted molar refractivity (Wildman–Crippen MR) is 65.6 cm³/mol. The van der Waals surface area contributed by atoms with Gasteiger partial charge in [-0.25, -0.2) is 0 Å². The van der Waals surface area contributed by atoms with Gasteiger partial charge in [-0.2, -0.15) is 5.26 Å². The molecule has 1 aromatic carbocycles. The first-order chi connectivity index (χ1) is 8.63. The molecule has 2 rings (SSSR count). The van der Waals surface area contributed by atoms with E-state index in [0.29, 0.717) is 24.1 Å². The molecule has 0 spiro atoms. The number of anilines is 1. The van der Waals surface area contributed by atoms with E-state index in [1.54, 1.807) is 31.3 Å². The summed E-state index contributed by atoms with van der Waals surface area (Å²) >= 11 is 0. The zero-order valence-electron chi connectivity index (χ0n) is 10.0. The van der Waals surface area contributed by atoms with Gasteiger partial charge in [0.25, 0.3) is 0 Å². The highest BCUT2D eigenvalue weighted by molar-refractivity contribution is 5.99. The van der Waals surface area contributed by atoms with Gasteiger partial charge in [0.1, 0.15) is 12.1 Å². The van der Waals surface area contributed by atoms with Gasteiger partial charge in [0.05, 0.1) is 11.3 Å². The highest BCUT2D eigenvalue weighted by Crippen LogP contribution is 2.20. The number of nitriles is 1. The van der Waals surface area contributed by atoms with Gasteiger partial charge in [-0.3, -0.25) is 9.59 Å². The smallest absolute Gasteiger partial charge is 0.247 e. The number of hydrogen-bond acceptors (Lipinski definition) is 3. The van der Waals surface area contributed by atoms with Gasteiger partial charge in [0.15, 0.2) is 0 Å². The van der Waals surface area contributed by atoms with Gasteiger partial charge in [-0.1, -0.05) is 12.1 Å². The molecule has 0 bridgehead atoms. The number of nitrogens with zero attached hydrogens (tertiary/aromatic N) is 2. The summed E-state index contributed by atoms with van der Waals surface area (Å²) in [5, 5.41) is 11.6. The number of likely N-dealkylation sites (tertiary alicyclic amines) is 1. The summed E-state index contributed by atoms with van der Waals surface area (Å²) in [5.74, 6) is -0.269. The second kappa shape index (κ2) is 4.88. The highest BCUT2D eigenvalue weighted by Gasteiger charge is 2.33. The Hall–Kier alpha value is -2.35. The van der Waals surface area contributed by atoms with Crippen LogP contribution in [0.4, 0.5) is 5.69 Å². The Balaban J connectivity index is 2.13. The van der Waals surface area contributed by atoms with Crippen LogP contribution in [0.3, 0.4) is 0 Å². The Kier molecular flexibility index (Phi) is 3.28. The van der Waals surface area contributed by atoms with Gasteiger partial charge < -0.3 is 10.2 Å². The third-order valence-corrected chi connectivity index (χ3v) is 3.10. The minimum Gasteiger partial charge on any atom is -0.334 e. The van der Waals surface area contributed by atoms with Gasteiger partial charge >= 0.3 is 0 Å². The lowest BCUT2D eigenvalue weighted by Crippen LogP contribution is -2.39. The molecule has 1 saturated heterocycles. The van der Waals surface area contributed by atoms with Gasteiger partial charge in [-0.05, 0) is 18.6 Å². The maximum absolute atomic E-state index is 12.0. The SMILES string of the molecule is CN1C(=O)CCC1C(=O)Nc1ccccc1C#N. The number of hydrogen-bond donors (Lipinski definition) is 1. The molecule has 0 saturated carbocycles. The Morgan fingerprint density at radius 1 is 1.50 bits per heavy atom. The Labute approximate surface area is 105 Å². The van der Waals surface area contributed by atoms with E-state index in [2.05, 4.69) is 5.32 Å². The number of benzene rings is 1. The first-order valence-corrected chi connectivity index (χ1v) is 5.69. The topological polar surface area (TPSA) is 73.2 Å². The van der Waals surface area contributed by atoms with E-state index >= 15 is 0 Å². The first kappa shape index (κ1) is 12.1. The number of nitrogens with one attached hydrogen (secondary N) is 1. The summed E-state index contributed by atoms with van der Waals surface area (Å²) in [6.07, 6.45) is 0.921. The molecule has 0 radical (unpaired) electrons. The molecule has 1 aromatic rings. The van der Waals surface area contributed by atoms with Crippen LogP contribution in [0, 0.1) is 11.3 Å². The summed E-state index contributed by atoms with van der Waals surface area (Å²) in [5.41, 5.74) is 0.899. The normalized spacial score (nSPS) is 18.6. The van der Waals surface area contributed by atoms with E-state index in [1.165, 1.54) is 4.90 Å². The van der Waals surface area contributed by atoms with Gasteiger partial charge in [0, 0.05) is 13.5 Å². The third-order valence-electron chi connectivity index (χ3n) is 3.10. The molecule has 2 amide bonds. The fraction of sp³-hybridized carbons (Fsp3) is 0.308. The summed E-state index contributed by atoms with van der Waals surface area (Å²) in [6, 6.07) is 8.37. The average molecular weight is 243 g/mol. The maximum atomic E-state index is 12.0. The quantitative estimate of drug-likeness (QED) is 0.845. The summed E-state index contributed by atoms with van der Waals surface area (Å²) in [4.78, 5) is 24.8. The zero-order chi connectivity index (χ0) is 13.1. The maximum Gasteiger partial charge on any atom is 0.247 e. The molecule has 1 aliphatic heterocycles. The van der Waals surface area contributed by atoms with E-state index in [9.17, 15) is 9.59 Å². The number of para-hydroxylation sites is 1. The molecular formula is C13H13N3O2. The van der Waals surface area contributed by atoms with Crippen LogP contribution >= 0.6 is 0 Å². The highest BCUT2D eigenvalue weighted by atomic mass is 16.2. The number of likely N-dealkylation sites (N-methyl/N-ethyl adjacent to an activating group) is 1. The van der Waals surface area contributed by atoms with Gasteiger partial charge in [0.2, 0.25) is 11.8 Å². The van der Waals surface area contributed by atoms with Gasteiger partial charge in [-0.15, -0.1) is 0 Å². The van der Waals surface area contributed by atoms with E-state index in [-0.39, 0.29) is 11.8 Å². The van der Waals surface area contributed by atoms with Crippen molar-refractivity contribution in [3.63, 3.8) is 0 Å². The monoisotopic (exact) mass is 243 g/mol. The fourth-order valence-electron chi connectivity index (χ4n) is 2.02. The van der Waals surface area contributed by atoms with Crippen molar-refractivity contribution in [2.45, 2.75) is 18.9 Å². The van der Waals surface area contributed by atoms with Crippen LogP contribution in [0.2, 0.25) is 0 Å². The Morgan fingerprint density at radius 2 is 2.22 bits per heavy atom. The molecule has 1 atom stereocenters. The number of rotatable bonds is 2. The fourth-order valence-corrected chi connectivity index (χ4v) is 2.02. The van der Waals surface area contributed by atoms with Crippen LogP contribution < -0.4 is 5.32 Å². The van der Waals surface area contributed by atoms with Crippen molar-refractivity contribution in [2.24, 2.45) is 0 Å². The molecule has 92 valence electrons. The molecule has 0 aromatic heterocycles. The lowest BCUT2D eigenvalue weighted by molar-refractivity contribution is -0.131. The van der Waals surface area contributed by atoms with Crippen molar-refractivity contribution < 1.29 is 9.59 Å². The van der Waals surface area contributed by atoms with E-state index in [0.717, 1.165) is 0 Å². The zero-order valence-corrected chi connectivity index (χ0v) is 10.0. The third kappa shape index (κ3) is 2.18. The number of carbonyl (C=O) groups is 2. The van der Waals surface area contributed by atoms with Crippen molar-refractivity contribution >= 4 is 17.5 Å². The second-order valence-electron chi connectivity index (χ2n) is 4.21. The molecule has 1 N–H and O–H groups in total. The molecule has 1 unspecified atom stereocenters. The van der Waals surface area contributed by atoms with E-state index in [1.807, 2.05) is 6.07 Å². The molecular weight excluding hydrogens is 230 g/mol. The molecule has 1 aliphatic rings. The van der Waals surface area contributed by atoms with Crippen LogP contribution in [-0.2, 0) is 9.59 Å². The first-order valence-electron chi connectivity index (χ1n) is 5.69. The van der Waals surface area contributed by atoms with Crippen LogP contribution in [0.25, 0.3) is 0 Å². The van der Waals surface area contributed by atoms with Crippen molar-refractivity contribution in [3.8, 4) is 6.07 Å². The largest absolute Gasteiger partial charge is 0.334 e. The van der Waals surface area contributed by atoms with Crippen molar-refractivity contribution in [1.82, 2.24) is 4.90 Å². The van der Waals surface area contributed by atoms with Crippen molar-refractivity contribution in [2.75, 3.05) is 12.4 Å². The molecule has 5 nitrogen and oxygen atoms in total. The van der Waals surface area contributed by atoms with Crippen LogP contribution in [-0.4, -0.2) is 29.8 Å². The van der Waals surface area contributed by atoms with Crippen molar-refractivity contribution in [1.29, 1.82) is 5.26 Å². The molecule has 1 fully saturated rings. The second-order valence-corrected chi connectivity index (χ2v) is 4.21. The van der Waals surface area contributed by atoms with Crippen molar-refractivity contribution in [3.05, 3.63) is 29.8 Å². The van der Waals surface area contributed by atoms with E-state index < -0.39 is 6.04 Å². The lowest BCUT2D eigenvalue weighted by Gasteiger charge is -2.19. The average Bonchev–Trinajstić information content (AvgIpc) is 2.71. The Morgan fingerprint density at radius 3 is 2.83 bits per heavy atom. The minimum absolute atomic E-state index is 0.0243. The van der Waals surface area contributed by atoms with E-state index in [4.69, 9.17) is 5.26 Å². The molecule has 1 heterocycles. The lowest BCUT2D eigenvalue weighted by atomic mass is 10.1. The molecule has 18 heavy (non-hydrogen) atoms. The minimum atomic E-state index is -0.441. The summed E-state index contributed by atoms with van der Waals surface area (Å²) < 4.78 is 0. The summed E-state index contributed by atoms with van der Waals surface area (Å²) in [7, 11) is 1.62. The standard InChI is InChI=1S/C13H13N3O2/c1-16-11(6-7-12(16)17)13(18)15-10-5-3-2-4-9(10)8-14/h2-5,11H,6-7H2,1H3,(H,15,18). The Bertz CT molecular complexity index is 533. The molecule has 5 heteroatoms. The van der Waals surface area contributed by atoms with Crippen LogP contribution in [0.15, 0.2) is 24.3 Å². The van der Waals surface area contributed by atoms with Crippen LogP contribution in [0.5, 0.6) is 0 Å². The molecule has 0 aliphatic carbocycles. The van der Waals surface area contributed by atoms with Crippen LogP contribution in [0.1, 0.15) is 18.4 Å². The number of amides is 2. The number of carbonyl (C=O) groups excluding carboxylic acids is 2. The summed E-state index contributed by atoms with van der Waals surface area (Å²) in [6.45, 7) is 0.